The third-order valence-corrected chi connectivity index (χ3v) is 3.25. The lowest BCUT2D eigenvalue weighted by molar-refractivity contribution is -0.132. The van der Waals surface area contributed by atoms with E-state index in [1.54, 1.807) is 13.0 Å². The van der Waals surface area contributed by atoms with Gasteiger partial charge in [-0.3, -0.25) is 4.79 Å². The van der Waals surface area contributed by atoms with E-state index in [4.69, 9.17) is 5.73 Å². The lowest BCUT2D eigenvalue weighted by Gasteiger charge is -2.30. The first-order chi connectivity index (χ1) is 7.65. The van der Waals surface area contributed by atoms with Crippen LogP contribution in [-0.2, 0) is 4.79 Å². The number of nitrogens with two attached hydrogens (primary N) is 1. The maximum Gasteiger partial charge on any atom is 0.239 e. The van der Waals surface area contributed by atoms with Crippen molar-refractivity contribution in [3.8, 4) is 0 Å². The van der Waals surface area contributed by atoms with Gasteiger partial charge in [-0.25, -0.2) is 0 Å². The quantitative estimate of drug-likeness (QED) is 0.772. The van der Waals surface area contributed by atoms with Crippen LogP contribution in [-0.4, -0.2) is 29.9 Å². The molecule has 1 rings (SSSR count). The van der Waals surface area contributed by atoms with Crippen LogP contribution in [0.3, 0.4) is 0 Å². The largest absolute Gasteiger partial charge is 0.337 e. The van der Waals surface area contributed by atoms with Gasteiger partial charge in [0, 0.05) is 13.1 Å². The number of amides is 1. The zero-order valence-electron chi connectivity index (χ0n) is 10.7. The Hall–Kier alpha value is -0.540. The second-order valence-electron chi connectivity index (χ2n) is 4.82. The molecule has 3 nitrogen and oxygen atoms in total. The number of rotatable bonds is 5. The lowest BCUT2D eigenvalue weighted by Crippen LogP contribution is -2.44. The number of nitrogens with zero attached hydrogens (tertiary/aromatic N) is 1. The highest BCUT2D eigenvalue weighted by Crippen LogP contribution is 2.24. The molecule has 1 fully saturated rings. The molecular formula is C13H25ClN2O. The van der Waals surface area contributed by atoms with E-state index in [1.165, 1.54) is 32.1 Å². The van der Waals surface area contributed by atoms with Crippen LogP contribution in [0.25, 0.3) is 0 Å². The summed E-state index contributed by atoms with van der Waals surface area (Å²) in [6.07, 6.45) is 8.24. The molecule has 17 heavy (non-hydrogen) atoms. The highest BCUT2D eigenvalue weighted by Gasteiger charge is 2.21. The van der Waals surface area contributed by atoms with Crippen LogP contribution in [0.1, 0.15) is 39.0 Å². The summed E-state index contributed by atoms with van der Waals surface area (Å²) in [5, 5.41) is 0. The Bertz CT molecular complexity index is 238. The van der Waals surface area contributed by atoms with E-state index in [1.807, 2.05) is 4.90 Å². The summed E-state index contributed by atoms with van der Waals surface area (Å²) < 4.78 is 0. The van der Waals surface area contributed by atoms with E-state index in [9.17, 15) is 4.79 Å². The monoisotopic (exact) mass is 260 g/mol. The molecule has 0 aromatic rings. The highest BCUT2D eigenvalue weighted by atomic mass is 35.5. The number of hydrogen-bond acceptors (Lipinski definition) is 2. The molecule has 1 unspecified atom stereocenters. The molecule has 0 heterocycles. The van der Waals surface area contributed by atoms with E-state index in [0.717, 1.165) is 6.54 Å². The van der Waals surface area contributed by atoms with Crippen molar-refractivity contribution in [2.45, 2.75) is 45.1 Å². The molecule has 0 bridgehead atoms. The summed E-state index contributed by atoms with van der Waals surface area (Å²) in [5.41, 5.74) is 5.65. The second-order valence-corrected chi connectivity index (χ2v) is 4.82. The average molecular weight is 261 g/mol. The van der Waals surface area contributed by atoms with Crippen LogP contribution in [0.5, 0.6) is 0 Å². The van der Waals surface area contributed by atoms with Crippen molar-refractivity contribution >= 4 is 18.3 Å². The van der Waals surface area contributed by atoms with Gasteiger partial charge in [0.25, 0.3) is 0 Å². The molecule has 1 aliphatic carbocycles. The van der Waals surface area contributed by atoms with Gasteiger partial charge in [0.15, 0.2) is 0 Å². The van der Waals surface area contributed by atoms with Crippen molar-refractivity contribution < 1.29 is 4.79 Å². The molecule has 0 spiro atoms. The molecule has 2 N–H and O–H groups in total. The molecule has 0 saturated heterocycles. The van der Waals surface area contributed by atoms with E-state index in [0.29, 0.717) is 12.5 Å². The van der Waals surface area contributed by atoms with Gasteiger partial charge >= 0.3 is 0 Å². The number of hydrogen-bond donors (Lipinski definition) is 1. The Kier molecular flexibility index (Phi) is 8.26. The van der Waals surface area contributed by atoms with Crippen molar-refractivity contribution in [2.24, 2.45) is 11.7 Å². The Morgan fingerprint density at radius 2 is 2.06 bits per heavy atom. The third-order valence-electron chi connectivity index (χ3n) is 3.25. The minimum absolute atomic E-state index is 0. The molecule has 0 radical (unpaired) electrons. The van der Waals surface area contributed by atoms with Gasteiger partial charge in [-0.2, -0.15) is 0 Å². The zero-order chi connectivity index (χ0) is 12.0. The summed E-state index contributed by atoms with van der Waals surface area (Å²) in [7, 11) is 0. The van der Waals surface area contributed by atoms with E-state index in [2.05, 4.69) is 6.58 Å². The van der Waals surface area contributed by atoms with Gasteiger partial charge < -0.3 is 10.6 Å². The van der Waals surface area contributed by atoms with Gasteiger partial charge in [-0.05, 0) is 25.7 Å². The van der Waals surface area contributed by atoms with Crippen LogP contribution in [0.15, 0.2) is 12.7 Å². The second kappa shape index (κ2) is 8.54. The van der Waals surface area contributed by atoms with Crippen LogP contribution < -0.4 is 5.73 Å². The van der Waals surface area contributed by atoms with Crippen molar-refractivity contribution in [1.29, 1.82) is 0 Å². The topological polar surface area (TPSA) is 46.3 Å². The summed E-state index contributed by atoms with van der Waals surface area (Å²) in [6.45, 7) is 6.93. The summed E-state index contributed by atoms with van der Waals surface area (Å²) in [6, 6.07) is -0.399. The van der Waals surface area contributed by atoms with Gasteiger partial charge in [-0.15, -0.1) is 19.0 Å². The predicted octanol–water partition coefficient (Wildman–Crippen LogP) is 2.35. The molecule has 1 aliphatic rings. The molecule has 1 saturated carbocycles. The minimum Gasteiger partial charge on any atom is -0.337 e. The standard InChI is InChI=1S/C13H24N2O.ClH/c1-3-9-15(13(16)11(2)14)10-12-7-5-4-6-8-12;/h3,11-12H,1,4-10,14H2,2H3;1H. The third kappa shape index (κ3) is 5.55. The first kappa shape index (κ1) is 16.5. The van der Waals surface area contributed by atoms with Crippen molar-refractivity contribution in [3.05, 3.63) is 12.7 Å². The summed E-state index contributed by atoms with van der Waals surface area (Å²) in [5.74, 6) is 0.710. The van der Waals surface area contributed by atoms with Gasteiger partial charge in [0.1, 0.15) is 0 Å². The normalized spacial score (nSPS) is 18.0. The Morgan fingerprint density at radius 1 is 1.47 bits per heavy atom. The zero-order valence-corrected chi connectivity index (χ0v) is 11.5. The Morgan fingerprint density at radius 3 is 2.53 bits per heavy atom. The number of halogens is 1. The summed E-state index contributed by atoms with van der Waals surface area (Å²) >= 11 is 0. The van der Waals surface area contributed by atoms with Crippen molar-refractivity contribution in [3.63, 3.8) is 0 Å². The van der Waals surface area contributed by atoms with Gasteiger partial charge in [0.2, 0.25) is 5.91 Å². The molecule has 0 aliphatic heterocycles. The fraction of sp³-hybridized carbons (Fsp3) is 0.769. The van der Waals surface area contributed by atoms with E-state index in [-0.39, 0.29) is 18.3 Å². The minimum atomic E-state index is -0.399. The molecule has 4 heteroatoms. The van der Waals surface area contributed by atoms with Crippen LogP contribution in [0, 0.1) is 5.92 Å². The molecule has 0 aromatic carbocycles. The molecule has 1 amide bonds. The number of carbonyl (C=O) groups is 1. The Labute approximate surface area is 111 Å². The first-order valence-electron chi connectivity index (χ1n) is 6.30. The Balaban J connectivity index is 0.00000256. The lowest BCUT2D eigenvalue weighted by atomic mass is 9.89. The number of carbonyl (C=O) groups excluding carboxylic acids is 1. The van der Waals surface area contributed by atoms with Crippen LogP contribution >= 0.6 is 12.4 Å². The van der Waals surface area contributed by atoms with E-state index < -0.39 is 6.04 Å². The van der Waals surface area contributed by atoms with Crippen molar-refractivity contribution in [2.75, 3.05) is 13.1 Å². The maximum absolute atomic E-state index is 11.9. The average Bonchev–Trinajstić information content (AvgIpc) is 2.29. The summed E-state index contributed by atoms with van der Waals surface area (Å²) in [4.78, 5) is 13.7. The van der Waals surface area contributed by atoms with Gasteiger partial charge in [0.05, 0.1) is 6.04 Å². The van der Waals surface area contributed by atoms with Crippen LogP contribution in [0.4, 0.5) is 0 Å². The van der Waals surface area contributed by atoms with Gasteiger partial charge in [-0.1, -0.05) is 25.3 Å². The molecule has 100 valence electrons. The molecule has 0 aromatic heterocycles. The SMILES string of the molecule is C=CCN(CC1CCCCC1)C(=O)C(C)N.Cl. The van der Waals surface area contributed by atoms with Crippen LogP contribution in [0.2, 0.25) is 0 Å². The molecule has 1 atom stereocenters. The maximum atomic E-state index is 11.9. The predicted molar refractivity (Wildman–Crippen MR) is 74.2 cm³/mol. The van der Waals surface area contributed by atoms with Crippen molar-refractivity contribution in [1.82, 2.24) is 4.90 Å². The first-order valence-corrected chi connectivity index (χ1v) is 6.30. The fourth-order valence-corrected chi connectivity index (χ4v) is 2.38. The van der Waals surface area contributed by atoms with E-state index >= 15 is 0 Å². The fourth-order valence-electron chi connectivity index (χ4n) is 2.38. The molecular weight excluding hydrogens is 236 g/mol. The smallest absolute Gasteiger partial charge is 0.239 e. The highest BCUT2D eigenvalue weighted by molar-refractivity contribution is 5.85.